The molecular formula is C19H23NO2. The first-order valence-corrected chi connectivity index (χ1v) is 7.81. The van der Waals surface area contributed by atoms with Gasteiger partial charge in [-0.15, -0.1) is 0 Å². The fourth-order valence-electron chi connectivity index (χ4n) is 2.37. The van der Waals surface area contributed by atoms with E-state index in [1.54, 1.807) is 24.3 Å². The molecule has 0 spiro atoms. The standard InChI is InChI=1S/C13H10O2.C6H13N/c14-10-11-6-8-13(9-7-11)15-12-4-2-1-3-5-12;7-6-4-2-1-3-5-6/h1-10H;6H,1-5,7H2. The molecule has 0 heterocycles. The van der Waals surface area contributed by atoms with E-state index in [-0.39, 0.29) is 0 Å². The van der Waals surface area contributed by atoms with E-state index in [0.29, 0.717) is 11.6 Å². The average Bonchev–Trinajstić information content (AvgIpc) is 2.58. The van der Waals surface area contributed by atoms with Crippen molar-refractivity contribution in [3.05, 3.63) is 60.2 Å². The zero-order valence-electron chi connectivity index (χ0n) is 12.8. The maximum absolute atomic E-state index is 10.4. The van der Waals surface area contributed by atoms with Crippen LogP contribution in [0.25, 0.3) is 0 Å². The summed E-state index contributed by atoms with van der Waals surface area (Å²) in [5, 5.41) is 0. The highest BCUT2D eigenvalue weighted by Gasteiger charge is 2.06. The van der Waals surface area contributed by atoms with Gasteiger partial charge in [-0.1, -0.05) is 37.5 Å². The summed E-state index contributed by atoms with van der Waals surface area (Å²) in [4.78, 5) is 10.4. The molecule has 116 valence electrons. The third-order valence-corrected chi connectivity index (χ3v) is 3.64. The second kappa shape index (κ2) is 9.00. The van der Waals surface area contributed by atoms with Crippen molar-refractivity contribution in [1.82, 2.24) is 0 Å². The van der Waals surface area contributed by atoms with Gasteiger partial charge in [0.25, 0.3) is 0 Å². The summed E-state index contributed by atoms with van der Waals surface area (Å²) >= 11 is 0. The van der Waals surface area contributed by atoms with Gasteiger partial charge < -0.3 is 10.5 Å². The predicted octanol–water partition coefficient (Wildman–Crippen LogP) is 4.57. The largest absolute Gasteiger partial charge is 0.457 e. The second-order valence-electron chi connectivity index (χ2n) is 5.50. The summed E-state index contributed by atoms with van der Waals surface area (Å²) in [5.41, 5.74) is 6.28. The normalized spacial score (nSPS) is 14.6. The van der Waals surface area contributed by atoms with Gasteiger partial charge in [0.1, 0.15) is 17.8 Å². The van der Waals surface area contributed by atoms with Crippen LogP contribution in [0.15, 0.2) is 54.6 Å². The molecule has 0 radical (unpaired) electrons. The highest BCUT2D eigenvalue weighted by atomic mass is 16.5. The number of rotatable bonds is 3. The third kappa shape index (κ3) is 5.70. The number of nitrogens with two attached hydrogens (primary N) is 1. The number of hydrogen-bond acceptors (Lipinski definition) is 3. The Balaban J connectivity index is 0.000000211. The van der Waals surface area contributed by atoms with Crippen LogP contribution in [0.4, 0.5) is 0 Å². The molecule has 0 aromatic heterocycles. The van der Waals surface area contributed by atoms with Crippen LogP contribution in [0, 0.1) is 0 Å². The van der Waals surface area contributed by atoms with Crippen molar-refractivity contribution in [3.63, 3.8) is 0 Å². The Morgan fingerprint density at radius 1 is 0.864 bits per heavy atom. The molecule has 0 bridgehead atoms. The van der Waals surface area contributed by atoms with Crippen molar-refractivity contribution in [2.45, 2.75) is 38.1 Å². The third-order valence-electron chi connectivity index (χ3n) is 3.64. The summed E-state index contributed by atoms with van der Waals surface area (Å²) in [6.45, 7) is 0. The maximum atomic E-state index is 10.4. The molecular weight excluding hydrogens is 274 g/mol. The quantitative estimate of drug-likeness (QED) is 0.844. The number of para-hydroxylation sites is 1. The number of benzene rings is 2. The minimum atomic E-state index is 0.536. The van der Waals surface area contributed by atoms with Gasteiger partial charge in [-0.2, -0.15) is 0 Å². The molecule has 0 saturated heterocycles. The molecule has 1 aliphatic rings. The maximum Gasteiger partial charge on any atom is 0.150 e. The van der Waals surface area contributed by atoms with Crippen LogP contribution in [0.2, 0.25) is 0 Å². The first-order valence-electron chi connectivity index (χ1n) is 7.81. The van der Waals surface area contributed by atoms with E-state index >= 15 is 0 Å². The highest BCUT2D eigenvalue weighted by molar-refractivity contribution is 5.74. The van der Waals surface area contributed by atoms with Gasteiger partial charge in [-0.3, -0.25) is 4.79 Å². The first kappa shape index (κ1) is 16.2. The Hall–Kier alpha value is -2.13. The molecule has 0 aliphatic heterocycles. The number of ether oxygens (including phenoxy) is 1. The van der Waals surface area contributed by atoms with E-state index in [0.717, 1.165) is 17.8 Å². The van der Waals surface area contributed by atoms with Gasteiger partial charge >= 0.3 is 0 Å². The summed E-state index contributed by atoms with van der Waals surface area (Å²) < 4.78 is 5.56. The van der Waals surface area contributed by atoms with E-state index in [1.807, 2.05) is 30.3 Å². The van der Waals surface area contributed by atoms with Gasteiger partial charge in [-0.25, -0.2) is 0 Å². The van der Waals surface area contributed by atoms with Gasteiger partial charge in [0.2, 0.25) is 0 Å². The Bertz CT molecular complexity index is 545. The van der Waals surface area contributed by atoms with Crippen LogP contribution in [0.1, 0.15) is 42.5 Å². The molecule has 2 aromatic carbocycles. The number of carbonyl (C=O) groups excluding carboxylic acids is 1. The number of carbonyl (C=O) groups is 1. The molecule has 0 amide bonds. The van der Waals surface area contributed by atoms with Gasteiger partial charge in [0.15, 0.2) is 0 Å². The van der Waals surface area contributed by atoms with Gasteiger partial charge in [-0.05, 0) is 49.2 Å². The minimum Gasteiger partial charge on any atom is -0.457 e. The summed E-state index contributed by atoms with van der Waals surface area (Å²) in [6.07, 6.45) is 7.47. The lowest BCUT2D eigenvalue weighted by Crippen LogP contribution is -2.22. The van der Waals surface area contributed by atoms with Crippen molar-refractivity contribution in [2.75, 3.05) is 0 Å². The molecule has 3 nitrogen and oxygen atoms in total. The lowest BCUT2D eigenvalue weighted by Gasteiger charge is -2.15. The molecule has 2 aromatic rings. The predicted molar refractivity (Wildman–Crippen MR) is 89.4 cm³/mol. The van der Waals surface area contributed by atoms with E-state index < -0.39 is 0 Å². The van der Waals surface area contributed by atoms with Gasteiger partial charge in [0, 0.05) is 11.6 Å². The lowest BCUT2D eigenvalue weighted by molar-refractivity contribution is 0.112. The minimum absolute atomic E-state index is 0.536. The van der Waals surface area contributed by atoms with E-state index in [1.165, 1.54) is 32.1 Å². The average molecular weight is 297 g/mol. The van der Waals surface area contributed by atoms with Crippen molar-refractivity contribution in [2.24, 2.45) is 5.73 Å². The van der Waals surface area contributed by atoms with Crippen LogP contribution >= 0.6 is 0 Å². The molecule has 1 fully saturated rings. The molecule has 0 atom stereocenters. The lowest BCUT2D eigenvalue weighted by atomic mass is 9.97. The van der Waals surface area contributed by atoms with E-state index in [2.05, 4.69) is 0 Å². The Morgan fingerprint density at radius 3 is 1.95 bits per heavy atom. The van der Waals surface area contributed by atoms with Crippen LogP contribution in [0.5, 0.6) is 11.5 Å². The molecule has 3 heteroatoms. The molecule has 22 heavy (non-hydrogen) atoms. The molecule has 2 N–H and O–H groups in total. The fourth-order valence-corrected chi connectivity index (χ4v) is 2.37. The van der Waals surface area contributed by atoms with Crippen LogP contribution in [-0.2, 0) is 0 Å². The van der Waals surface area contributed by atoms with Crippen molar-refractivity contribution in [1.29, 1.82) is 0 Å². The van der Waals surface area contributed by atoms with Crippen LogP contribution < -0.4 is 10.5 Å². The monoisotopic (exact) mass is 297 g/mol. The molecule has 1 saturated carbocycles. The fraction of sp³-hybridized carbons (Fsp3) is 0.316. The van der Waals surface area contributed by atoms with Gasteiger partial charge in [0.05, 0.1) is 0 Å². The topological polar surface area (TPSA) is 52.3 Å². The molecule has 1 aliphatic carbocycles. The van der Waals surface area contributed by atoms with Crippen molar-refractivity contribution < 1.29 is 9.53 Å². The smallest absolute Gasteiger partial charge is 0.150 e. The van der Waals surface area contributed by atoms with E-state index in [4.69, 9.17) is 10.5 Å². The van der Waals surface area contributed by atoms with E-state index in [9.17, 15) is 4.79 Å². The Labute approximate surface area is 132 Å². The number of hydrogen-bond donors (Lipinski definition) is 1. The Kier molecular flexibility index (Phi) is 6.65. The zero-order valence-corrected chi connectivity index (χ0v) is 12.8. The summed E-state index contributed by atoms with van der Waals surface area (Å²) in [5.74, 6) is 1.52. The number of aldehydes is 1. The van der Waals surface area contributed by atoms with Crippen molar-refractivity contribution >= 4 is 6.29 Å². The van der Waals surface area contributed by atoms with Crippen LogP contribution in [-0.4, -0.2) is 12.3 Å². The highest BCUT2D eigenvalue weighted by Crippen LogP contribution is 2.20. The first-order chi connectivity index (χ1) is 10.8. The molecule has 3 rings (SSSR count). The SMILES string of the molecule is NC1CCCCC1.O=Cc1ccc(Oc2ccccc2)cc1. The molecule has 0 unspecified atom stereocenters. The van der Waals surface area contributed by atoms with Crippen molar-refractivity contribution in [3.8, 4) is 11.5 Å². The van der Waals surface area contributed by atoms with Crippen LogP contribution in [0.3, 0.4) is 0 Å². The second-order valence-corrected chi connectivity index (χ2v) is 5.50. The summed E-state index contributed by atoms with van der Waals surface area (Å²) in [7, 11) is 0. The Morgan fingerprint density at radius 2 is 1.45 bits per heavy atom. The summed E-state index contributed by atoms with van der Waals surface area (Å²) in [6, 6.07) is 17.1. The zero-order chi connectivity index (χ0) is 15.6.